The summed E-state index contributed by atoms with van der Waals surface area (Å²) < 4.78 is 0. The molecule has 0 aromatic heterocycles. The summed E-state index contributed by atoms with van der Waals surface area (Å²) in [4.78, 5) is 24.1. The lowest BCUT2D eigenvalue weighted by atomic mass is 10.1. The molecule has 1 aromatic carbocycles. The molecule has 0 saturated carbocycles. The minimum Gasteiger partial charge on any atom is -0.361 e. The summed E-state index contributed by atoms with van der Waals surface area (Å²) in [5.41, 5.74) is 5.37. The highest BCUT2D eigenvalue weighted by Gasteiger charge is 2.18. The number of carbonyl (C=O) groups is 2. The van der Waals surface area contributed by atoms with Gasteiger partial charge in [0.25, 0.3) is 11.8 Å². The molecule has 0 radical (unpaired) electrons. The van der Waals surface area contributed by atoms with Crippen LogP contribution in [0.4, 0.5) is 0 Å². The molecule has 8 heteroatoms. The number of amides is 2. The molecule has 24 heavy (non-hydrogen) atoms. The topological polar surface area (TPSA) is 82.3 Å². The fourth-order valence-corrected chi connectivity index (χ4v) is 2.11. The normalized spacial score (nSPS) is 11.5. The van der Waals surface area contributed by atoms with E-state index in [0.29, 0.717) is 21.6 Å². The van der Waals surface area contributed by atoms with Crippen LogP contribution in [0.3, 0.4) is 0 Å². The number of hydrogen-bond donors (Lipinski definition) is 4. The lowest BCUT2D eigenvalue weighted by Gasteiger charge is -2.16. The van der Waals surface area contributed by atoms with Crippen LogP contribution in [0.5, 0.6) is 0 Å². The van der Waals surface area contributed by atoms with Crippen LogP contribution >= 0.6 is 23.8 Å². The lowest BCUT2D eigenvalue weighted by Crippen LogP contribution is -2.53. The van der Waals surface area contributed by atoms with E-state index in [9.17, 15) is 9.59 Å². The van der Waals surface area contributed by atoms with Gasteiger partial charge in [0.2, 0.25) is 0 Å². The zero-order chi connectivity index (χ0) is 18.1. The van der Waals surface area contributed by atoms with Crippen molar-refractivity contribution < 1.29 is 9.59 Å². The van der Waals surface area contributed by atoms with E-state index in [1.165, 1.54) is 0 Å². The zero-order valence-corrected chi connectivity index (χ0v) is 15.6. The van der Waals surface area contributed by atoms with Gasteiger partial charge in [0, 0.05) is 6.54 Å². The molecule has 0 aliphatic rings. The smallest absolute Gasteiger partial charge is 0.260 e. The fourth-order valence-electron chi connectivity index (χ4n) is 1.73. The summed E-state index contributed by atoms with van der Waals surface area (Å²) in [5, 5.41) is 6.22. The van der Waals surface area contributed by atoms with Crippen molar-refractivity contribution in [3.63, 3.8) is 0 Å². The highest BCUT2D eigenvalue weighted by Crippen LogP contribution is 2.14. The van der Waals surface area contributed by atoms with Gasteiger partial charge < -0.3 is 10.6 Å². The standard InChI is InChI=1S/C16H23ClN4O2S/c1-10(2)8-9-18-16(24)21-20-14(22)11(3)19-15(23)12-6-4-5-7-13(12)17/h4-7,10-11H,8-9H2,1-3H3,(H,19,23)(H,20,22)(H2,18,21,24)/t11-/m0/s1. The number of halogens is 1. The van der Waals surface area contributed by atoms with Crippen LogP contribution in [-0.2, 0) is 4.79 Å². The largest absolute Gasteiger partial charge is 0.361 e. The van der Waals surface area contributed by atoms with Gasteiger partial charge in [0.05, 0.1) is 10.6 Å². The maximum Gasteiger partial charge on any atom is 0.260 e. The molecule has 1 rings (SSSR count). The first kappa shape index (κ1) is 20.2. The van der Waals surface area contributed by atoms with Crippen molar-refractivity contribution in [1.82, 2.24) is 21.5 Å². The third-order valence-corrected chi connectivity index (χ3v) is 3.74. The summed E-state index contributed by atoms with van der Waals surface area (Å²) in [6, 6.07) is 5.89. The summed E-state index contributed by atoms with van der Waals surface area (Å²) in [5.74, 6) is -0.265. The molecule has 0 aliphatic heterocycles. The van der Waals surface area contributed by atoms with E-state index >= 15 is 0 Å². The molecule has 132 valence electrons. The molecule has 0 fully saturated rings. The second-order valence-electron chi connectivity index (χ2n) is 5.73. The van der Waals surface area contributed by atoms with Gasteiger partial charge in [-0.25, -0.2) is 0 Å². The Morgan fingerprint density at radius 3 is 2.46 bits per heavy atom. The molecule has 0 spiro atoms. The van der Waals surface area contributed by atoms with Crippen molar-refractivity contribution >= 4 is 40.7 Å². The Bertz CT molecular complexity index is 595. The van der Waals surface area contributed by atoms with E-state index in [0.717, 1.165) is 13.0 Å². The van der Waals surface area contributed by atoms with Crippen LogP contribution < -0.4 is 21.5 Å². The van der Waals surface area contributed by atoms with Gasteiger partial charge >= 0.3 is 0 Å². The number of hydrazine groups is 1. The molecule has 1 atom stereocenters. The van der Waals surface area contributed by atoms with E-state index < -0.39 is 17.9 Å². The van der Waals surface area contributed by atoms with Gasteiger partial charge in [-0.05, 0) is 43.6 Å². The van der Waals surface area contributed by atoms with E-state index in [1.807, 2.05) is 0 Å². The van der Waals surface area contributed by atoms with Crippen LogP contribution in [0.15, 0.2) is 24.3 Å². The summed E-state index contributed by atoms with van der Waals surface area (Å²) in [6.45, 7) is 6.52. The number of thiocarbonyl (C=S) groups is 1. The monoisotopic (exact) mass is 370 g/mol. The SMILES string of the molecule is CC(C)CCNC(=S)NNC(=O)[C@H](C)NC(=O)c1ccccc1Cl. The molecule has 4 N–H and O–H groups in total. The fraction of sp³-hybridized carbons (Fsp3) is 0.438. The van der Waals surface area contributed by atoms with E-state index in [-0.39, 0.29) is 0 Å². The molecular weight excluding hydrogens is 348 g/mol. The van der Waals surface area contributed by atoms with Crippen molar-refractivity contribution in [1.29, 1.82) is 0 Å². The quantitative estimate of drug-likeness (QED) is 0.455. The first-order valence-electron chi connectivity index (χ1n) is 7.70. The maximum absolute atomic E-state index is 12.1. The maximum atomic E-state index is 12.1. The van der Waals surface area contributed by atoms with Crippen LogP contribution in [0.1, 0.15) is 37.6 Å². The van der Waals surface area contributed by atoms with Crippen molar-refractivity contribution in [2.45, 2.75) is 33.2 Å². The first-order valence-corrected chi connectivity index (χ1v) is 8.49. The molecule has 1 aromatic rings. The van der Waals surface area contributed by atoms with E-state index in [4.69, 9.17) is 23.8 Å². The first-order chi connectivity index (χ1) is 11.3. The van der Waals surface area contributed by atoms with Crippen molar-refractivity contribution in [3.05, 3.63) is 34.9 Å². The molecule has 0 saturated heterocycles. The predicted octanol–water partition coefficient (Wildman–Crippen LogP) is 2.00. The predicted molar refractivity (Wildman–Crippen MR) is 99.7 cm³/mol. The Morgan fingerprint density at radius 2 is 1.83 bits per heavy atom. The lowest BCUT2D eigenvalue weighted by molar-refractivity contribution is -0.123. The second-order valence-corrected chi connectivity index (χ2v) is 6.54. The second kappa shape index (κ2) is 10.1. The molecule has 0 unspecified atom stereocenters. The number of nitrogens with one attached hydrogen (secondary N) is 4. The highest BCUT2D eigenvalue weighted by molar-refractivity contribution is 7.80. The van der Waals surface area contributed by atoms with Gasteiger partial charge in [-0.15, -0.1) is 0 Å². The van der Waals surface area contributed by atoms with Gasteiger partial charge in [-0.1, -0.05) is 37.6 Å². The average molecular weight is 371 g/mol. The van der Waals surface area contributed by atoms with Crippen molar-refractivity contribution in [2.75, 3.05) is 6.54 Å². The minimum atomic E-state index is -0.750. The molecule has 0 bridgehead atoms. The highest BCUT2D eigenvalue weighted by atomic mass is 35.5. The van der Waals surface area contributed by atoms with Crippen molar-refractivity contribution in [2.24, 2.45) is 5.92 Å². The van der Waals surface area contributed by atoms with Crippen LogP contribution in [0, 0.1) is 5.92 Å². The van der Waals surface area contributed by atoms with E-state index in [1.54, 1.807) is 31.2 Å². The molecule has 0 aliphatic carbocycles. The summed E-state index contributed by atoms with van der Waals surface area (Å²) in [6.07, 6.45) is 0.972. The Balaban J connectivity index is 2.38. The van der Waals surface area contributed by atoms with Crippen LogP contribution in [0.25, 0.3) is 0 Å². The Labute approximate surface area is 152 Å². The number of carbonyl (C=O) groups excluding carboxylic acids is 2. The van der Waals surface area contributed by atoms with Gasteiger partial charge in [0.15, 0.2) is 5.11 Å². The Hall–Kier alpha value is -1.86. The third-order valence-electron chi connectivity index (χ3n) is 3.17. The number of rotatable bonds is 6. The number of benzene rings is 1. The van der Waals surface area contributed by atoms with Crippen LogP contribution in [0.2, 0.25) is 5.02 Å². The minimum absolute atomic E-state index is 0.317. The zero-order valence-electron chi connectivity index (χ0n) is 14.0. The molecule has 0 heterocycles. The van der Waals surface area contributed by atoms with Crippen LogP contribution in [-0.4, -0.2) is 29.5 Å². The van der Waals surface area contributed by atoms with Gasteiger partial charge in [0.1, 0.15) is 6.04 Å². The van der Waals surface area contributed by atoms with Gasteiger partial charge in [-0.3, -0.25) is 20.4 Å². The Kier molecular flexibility index (Phi) is 8.49. The molecule has 6 nitrogen and oxygen atoms in total. The Morgan fingerprint density at radius 1 is 1.17 bits per heavy atom. The number of hydrogen-bond acceptors (Lipinski definition) is 3. The van der Waals surface area contributed by atoms with E-state index in [2.05, 4.69) is 35.3 Å². The summed E-state index contributed by atoms with van der Waals surface area (Å²) >= 11 is 11.0. The van der Waals surface area contributed by atoms with Crippen molar-refractivity contribution in [3.8, 4) is 0 Å². The molecular formula is C16H23ClN4O2S. The third kappa shape index (κ3) is 7.14. The average Bonchev–Trinajstić information content (AvgIpc) is 2.52. The summed E-state index contributed by atoms with van der Waals surface area (Å²) in [7, 11) is 0. The van der Waals surface area contributed by atoms with Gasteiger partial charge in [-0.2, -0.15) is 0 Å². The molecule has 2 amide bonds.